The molecule has 1 atom stereocenters. The number of hydrogen-bond acceptors (Lipinski definition) is 3. The minimum absolute atomic E-state index is 0.0342. The number of amides is 2. The van der Waals surface area contributed by atoms with Crippen molar-refractivity contribution in [1.82, 2.24) is 10.2 Å². The number of nitrogens with zero attached hydrogens (tertiary/aromatic N) is 1. The van der Waals surface area contributed by atoms with Gasteiger partial charge >= 0.3 is 0 Å². The highest BCUT2D eigenvalue weighted by atomic mass is 16.3. The SMILES string of the molecule is Cc1occc1C(=O)N1CCNC(=O)CC1c1ccccc1. The molecule has 1 unspecified atom stereocenters. The molecule has 1 aliphatic heterocycles. The van der Waals surface area contributed by atoms with E-state index in [2.05, 4.69) is 5.32 Å². The second-order valence-corrected chi connectivity index (χ2v) is 5.37. The predicted octanol–water partition coefficient (Wildman–Crippen LogP) is 2.29. The molecule has 1 N–H and O–H groups in total. The summed E-state index contributed by atoms with van der Waals surface area (Å²) in [6, 6.07) is 11.1. The number of carbonyl (C=O) groups is 2. The van der Waals surface area contributed by atoms with Crippen molar-refractivity contribution in [3.05, 3.63) is 59.5 Å². The van der Waals surface area contributed by atoms with Gasteiger partial charge in [0.15, 0.2) is 0 Å². The average molecular weight is 298 g/mol. The summed E-state index contributed by atoms with van der Waals surface area (Å²) < 4.78 is 5.24. The van der Waals surface area contributed by atoms with E-state index in [1.54, 1.807) is 17.9 Å². The van der Waals surface area contributed by atoms with Gasteiger partial charge in [-0.15, -0.1) is 0 Å². The number of benzene rings is 1. The van der Waals surface area contributed by atoms with Crippen LogP contribution in [0.5, 0.6) is 0 Å². The Hall–Kier alpha value is -2.56. The summed E-state index contributed by atoms with van der Waals surface area (Å²) in [5.74, 6) is 0.463. The summed E-state index contributed by atoms with van der Waals surface area (Å²) in [6.07, 6.45) is 1.79. The Bertz CT molecular complexity index is 678. The Balaban J connectivity index is 1.96. The molecule has 114 valence electrons. The Labute approximate surface area is 128 Å². The van der Waals surface area contributed by atoms with Crippen molar-refractivity contribution in [3.63, 3.8) is 0 Å². The van der Waals surface area contributed by atoms with E-state index in [9.17, 15) is 9.59 Å². The van der Waals surface area contributed by atoms with Gasteiger partial charge < -0.3 is 14.6 Å². The lowest BCUT2D eigenvalue weighted by molar-refractivity contribution is -0.121. The molecular weight excluding hydrogens is 280 g/mol. The van der Waals surface area contributed by atoms with Crippen LogP contribution < -0.4 is 5.32 Å². The fourth-order valence-electron chi connectivity index (χ4n) is 2.81. The third kappa shape index (κ3) is 2.74. The quantitative estimate of drug-likeness (QED) is 0.925. The van der Waals surface area contributed by atoms with Crippen molar-refractivity contribution >= 4 is 11.8 Å². The van der Waals surface area contributed by atoms with Gasteiger partial charge in [-0.05, 0) is 18.6 Å². The lowest BCUT2D eigenvalue weighted by atomic mass is 10.0. The average Bonchev–Trinajstić information content (AvgIpc) is 2.86. The fraction of sp³-hybridized carbons (Fsp3) is 0.294. The van der Waals surface area contributed by atoms with Gasteiger partial charge in [0, 0.05) is 13.1 Å². The number of carbonyl (C=O) groups excluding carboxylic acids is 2. The number of nitrogens with one attached hydrogen (secondary N) is 1. The van der Waals surface area contributed by atoms with Gasteiger partial charge in [0.2, 0.25) is 5.91 Å². The molecule has 1 fully saturated rings. The summed E-state index contributed by atoms with van der Waals surface area (Å²) in [6.45, 7) is 2.71. The van der Waals surface area contributed by atoms with Crippen molar-refractivity contribution < 1.29 is 14.0 Å². The molecule has 1 saturated heterocycles. The minimum Gasteiger partial charge on any atom is -0.469 e. The minimum atomic E-state index is -0.259. The summed E-state index contributed by atoms with van der Waals surface area (Å²) >= 11 is 0. The maximum Gasteiger partial charge on any atom is 0.257 e. The monoisotopic (exact) mass is 298 g/mol. The molecule has 3 rings (SSSR count). The van der Waals surface area contributed by atoms with Crippen LogP contribution in [-0.2, 0) is 4.79 Å². The molecule has 0 aliphatic carbocycles. The van der Waals surface area contributed by atoms with E-state index in [0.717, 1.165) is 5.56 Å². The molecule has 5 nitrogen and oxygen atoms in total. The number of aryl methyl sites for hydroxylation is 1. The van der Waals surface area contributed by atoms with Gasteiger partial charge in [-0.3, -0.25) is 9.59 Å². The Morgan fingerprint density at radius 3 is 2.73 bits per heavy atom. The van der Waals surface area contributed by atoms with Crippen LogP contribution >= 0.6 is 0 Å². The number of hydrogen-bond donors (Lipinski definition) is 1. The molecule has 0 radical (unpaired) electrons. The van der Waals surface area contributed by atoms with Crippen LogP contribution in [0.4, 0.5) is 0 Å². The highest BCUT2D eigenvalue weighted by molar-refractivity contribution is 5.96. The van der Waals surface area contributed by atoms with Crippen LogP contribution in [0.25, 0.3) is 0 Å². The second-order valence-electron chi connectivity index (χ2n) is 5.37. The fourth-order valence-corrected chi connectivity index (χ4v) is 2.81. The van der Waals surface area contributed by atoms with Crippen LogP contribution in [0.3, 0.4) is 0 Å². The third-order valence-electron chi connectivity index (χ3n) is 3.96. The zero-order valence-electron chi connectivity index (χ0n) is 12.4. The molecule has 2 amide bonds. The van der Waals surface area contributed by atoms with Gasteiger partial charge in [-0.2, -0.15) is 0 Å². The number of rotatable bonds is 2. The molecule has 2 aromatic rings. The standard InChI is InChI=1S/C17H18N2O3/c1-12-14(7-10-22-12)17(21)19-9-8-18-16(20)11-15(19)13-5-3-2-4-6-13/h2-7,10,15H,8-9,11H2,1H3,(H,18,20). The van der Waals surface area contributed by atoms with Crippen molar-refractivity contribution in [1.29, 1.82) is 0 Å². The smallest absolute Gasteiger partial charge is 0.257 e. The lowest BCUT2D eigenvalue weighted by Crippen LogP contribution is -2.36. The van der Waals surface area contributed by atoms with Crippen molar-refractivity contribution in [2.24, 2.45) is 0 Å². The Morgan fingerprint density at radius 2 is 2.05 bits per heavy atom. The highest BCUT2D eigenvalue weighted by Gasteiger charge is 2.31. The van der Waals surface area contributed by atoms with Gasteiger partial charge in [0.1, 0.15) is 5.76 Å². The van der Waals surface area contributed by atoms with E-state index in [4.69, 9.17) is 4.42 Å². The molecule has 1 aromatic carbocycles. The maximum absolute atomic E-state index is 12.9. The molecule has 0 saturated carbocycles. The van der Waals surface area contributed by atoms with Gasteiger partial charge in [-0.1, -0.05) is 30.3 Å². The van der Waals surface area contributed by atoms with E-state index in [1.165, 1.54) is 6.26 Å². The van der Waals surface area contributed by atoms with Gasteiger partial charge in [0.25, 0.3) is 5.91 Å². The number of furan rings is 1. The van der Waals surface area contributed by atoms with E-state index in [-0.39, 0.29) is 24.3 Å². The molecule has 0 spiro atoms. The molecule has 1 aliphatic rings. The van der Waals surface area contributed by atoms with E-state index in [0.29, 0.717) is 24.4 Å². The second kappa shape index (κ2) is 6.05. The van der Waals surface area contributed by atoms with Crippen LogP contribution in [0.1, 0.15) is 34.1 Å². The first kappa shape index (κ1) is 14.4. The van der Waals surface area contributed by atoms with E-state index >= 15 is 0 Å². The van der Waals surface area contributed by atoms with Crippen molar-refractivity contribution in [3.8, 4) is 0 Å². The molecular formula is C17H18N2O3. The first-order chi connectivity index (χ1) is 10.7. The highest BCUT2D eigenvalue weighted by Crippen LogP contribution is 2.28. The Morgan fingerprint density at radius 1 is 1.27 bits per heavy atom. The summed E-state index contributed by atoms with van der Waals surface area (Å²) in [7, 11) is 0. The summed E-state index contributed by atoms with van der Waals surface area (Å²) in [5, 5.41) is 2.83. The van der Waals surface area contributed by atoms with E-state index < -0.39 is 0 Å². The summed E-state index contributed by atoms with van der Waals surface area (Å²) in [4.78, 5) is 26.5. The molecule has 1 aromatic heterocycles. The van der Waals surface area contributed by atoms with Crippen LogP contribution in [-0.4, -0.2) is 29.8 Å². The van der Waals surface area contributed by atoms with Gasteiger partial charge in [-0.25, -0.2) is 0 Å². The van der Waals surface area contributed by atoms with Crippen LogP contribution in [0.2, 0.25) is 0 Å². The third-order valence-corrected chi connectivity index (χ3v) is 3.96. The van der Waals surface area contributed by atoms with Crippen molar-refractivity contribution in [2.75, 3.05) is 13.1 Å². The maximum atomic E-state index is 12.9. The Kier molecular flexibility index (Phi) is 3.96. The zero-order chi connectivity index (χ0) is 15.5. The largest absolute Gasteiger partial charge is 0.469 e. The molecule has 22 heavy (non-hydrogen) atoms. The first-order valence-electron chi connectivity index (χ1n) is 7.33. The summed E-state index contributed by atoms with van der Waals surface area (Å²) in [5.41, 5.74) is 1.52. The first-order valence-corrected chi connectivity index (χ1v) is 7.33. The topological polar surface area (TPSA) is 62.6 Å². The van der Waals surface area contributed by atoms with E-state index in [1.807, 2.05) is 30.3 Å². The zero-order valence-corrected chi connectivity index (χ0v) is 12.4. The van der Waals surface area contributed by atoms with Crippen molar-refractivity contribution in [2.45, 2.75) is 19.4 Å². The van der Waals surface area contributed by atoms with Gasteiger partial charge in [0.05, 0.1) is 24.3 Å². The molecule has 0 bridgehead atoms. The van der Waals surface area contributed by atoms with Crippen LogP contribution in [0, 0.1) is 6.92 Å². The molecule has 2 heterocycles. The lowest BCUT2D eigenvalue weighted by Gasteiger charge is -2.29. The molecule has 5 heteroatoms. The predicted molar refractivity (Wildman–Crippen MR) is 81.3 cm³/mol. The normalized spacial score (nSPS) is 18.7. The van der Waals surface area contributed by atoms with Crippen LogP contribution in [0.15, 0.2) is 47.1 Å².